The van der Waals surface area contributed by atoms with E-state index >= 15 is 0 Å². The predicted octanol–water partition coefficient (Wildman–Crippen LogP) is 1.98. The van der Waals surface area contributed by atoms with Crippen molar-refractivity contribution in [3.05, 3.63) is 29.3 Å². The molecule has 1 aromatic rings. The minimum Gasteiger partial charge on any atom is -0.497 e. The van der Waals surface area contributed by atoms with Gasteiger partial charge in [-0.3, -0.25) is 0 Å². The molecule has 0 saturated carbocycles. The van der Waals surface area contributed by atoms with E-state index in [0.717, 1.165) is 22.8 Å². The summed E-state index contributed by atoms with van der Waals surface area (Å²) in [6.07, 6.45) is -0.330. The molecule has 0 aliphatic carbocycles. The lowest BCUT2D eigenvalue weighted by Gasteiger charge is -2.21. The van der Waals surface area contributed by atoms with E-state index in [1.807, 2.05) is 18.2 Å². The molecule has 13 heavy (non-hydrogen) atoms. The first-order valence-corrected chi connectivity index (χ1v) is 5.39. The lowest BCUT2D eigenvalue weighted by Crippen LogP contribution is -2.09. The van der Waals surface area contributed by atoms with Gasteiger partial charge in [0.05, 0.1) is 13.2 Å². The van der Waals surface area contributed by atoms with Crippen molar-refractivity contribution in [2.24, 2.45) is 0 Å². The Hall–Kier alpha value is -0.670. The molecule has 1 N–H and O–H groups in total. The molecule has 1 aliphatic heterocycles. The first kappa shape index (κ1) is 8.91. The minimum absolute atomic E-state index is 0.330. The highest BCUT2D eigenvalue weighted by molar-refractivity contribution is 7.98. The van der Waals surface area contributed by atoms with E-state index in [1.165, 1.54) is 5.56 Å². The fourth-order valence-electron chi connectivity index (χ4n) is 1.51. The molecule has 1 heterocycles. The first-order chi connectivity index (χ1) is 6.31. The molecule has 0 radical (unpaired) electrons. The minimum atomic E-state index is -0.330. The fourth-order valence-corrected chi connectivity index (χ4v) is 2.52. The van der Waals surface area contributed by atoms with Crippen LogP contribution in [0.3, 0.4) is 0 Å². The SMILES string of the molecule is COc1ccc2c(c1)C(O)CSC2. The van der Waals surface area contributed by atoms with Crippen molar-refractivity contribution in [2.75, 3.05) is 12.9 Å². The van der Waals surface area contributed by atoms with E-state index in [0.29, 0.717) is 0 Å². The lowest BCUT2D eigenvalue weighted by atomic mass is 10.0. The van der Waals surface area contributed by atoms with Crippen molar-refractivity contribution in [1.29, 1.82) is 0 Å². The van der Waals surface area contributed by atoms with E-state index in [2.05, 4.69) is 0 Å². The van der Waals surface area contributed by atoms with E-state index < -0.39 is 0 Å². The van der Waals surface area contributed by atoms with Crippen LogP contribution in [0.15, 0.2) is 18.2 Å². The van der Waals surface area contributed by atoms with Gasteiger partial charge in [-0.25, -0.2) is 0 Å². The van der Waals surface area contributed by atoms with Crippen LogP contribution in [0.4, 0.5) is 0 Å². The molecule has 2 rings (SSSR count). The first-order valence-electron chi connectivity index (χ1n) is 4.24. The van der Waals surface area contributed by atoms with Crippen molar-refractivity contribution >= 4 is 11.8 Å². The molecule has 0 spiro atoms. The number of hydrogen-bond acceptors (Lipinski definition) is 3. The van der Waals surface area contributed by atoms with E-state index in [1.54, 1.807) is 18.9 Å². The maximum Gasteiger partial charge on any atom is 0.119 e. The van der Waals surface area contributed by atoms with Crippen LogP contribution in [0.1, 0.15) is 17.2 Å². The van der Waals surface area contributed by atoms with E-state index in [-0.39, 0.29) is 6.10 Å². The van der Waals surface area contributed by atoms with Gasteiger partial charge < -0.3 is 9.84 Å². The summed E-state index contributed by atoms with van der Waals surface area (Å²) in [7, 11) is 1.64. The van der Waals surface area contributed by atoms with Gasteiger partial charge in [0.2, 0.25) is 0 Å². The van der Waals surface area contributed by atoms with Gasteiger partial charge in [0.15, 0.2) is 0 Å². The van der Waals surface area contributed by atoms with Gasteiger partial charge in [0, 0.05) is 11.5 Å². The molecule has 3 heteroatoms. The fraction of sp³-hybridized carbons (Fsp3) is 0.400. The highest BCUT2D eigenvalue weighted by Gasteiger charge is 2.18. The number of aliphatic hydroxyl groups excluding tert-OH is 1. The number of rotatable bonds is 1. The summed E-state index contributed by atoms with van der Waals surface area (Å²) in [5.74, 6) is 2.61. The van der Waals surface area contributed by atoms with Crippen LogP contribution in [0.25, 0.3) is 0 Å². The van der Waals surface area contributed by atoms with Crippen molar-refractivity contribution in [3.8, 4) is 5.75 Å². The topological polar surface area (TPSA) is 29.5 Å². The molecule has 0 amide bonds. The number of fused-ring (bicyclic) bond motifs is 1. The van der Waals surface area contributed by atoms with Crippen LogP contribution in [0.2, 0.25) is 0 Å². The Morgan fingerprint density at radius 1 is 1.54 bits per heavy atom. The number of aliphatic hydroxyl groups is 1. The summed E-state index contributed by atoms with van der Waals surface area (Å²) in [5, 5.41) is 9.70. The number of hydrogen-bond donors (Lipinski definition) is 1. The monoisotopic (exact) mass is 196 g/mol. The zero-order valence-corrected chi connectivity index (χ0v) is 8.30. The molecule has 0 fully saturated rings. The molecule has 70 valence electrons. The maximum atomic E-state index is 9.70. The third kappa shape index (κ3) is 1.67. The smallest absolute Gasteiger partial charge is 0.119 e. The molecule has 0 bridgehead atoms. The van der Waals surface area contributed by atoms with Crippen LogP contribution in [-0.2, 0) is 5.75 Å². The van der Waals surface area contributed by atoms with Crippen LogP contribution < -0.4 is 4.74 Å². The number of methoxy groups -OCH3 is 1. The molecule has 1 aliphatic rings. The van der Waals surface area contributed by atoms with Crippen LogP contribution >= 0.6 is 11.8 Å². The Labute approximate surface area is 81.9 Å². The number of thioether (sulfide) groups is 1. The van der Waals surface area contributed by atoms with Crippen LogP contribution in [0, 0.1) is 0 Å². The highest BCUT2D eigenvalue weighted by Crippen LogP contribution is 2.33. The molecule has 2 nitrogen and oxygen atoms in total. The van der Waals surface area contributed by atoms with Crippen LogP contribution in [-0.4, -0.2) is 18.0 Å². The Kier molecular flexibility index (Phi) is 2.47. The molecule has 1 atom stereocenters. The summed E-state index contributed by atoms with van der Waals surface area (Å²) in [6, 6.07) is 5.90. The zero-order chi connectivity index (χ0) is 9.26. The second-order valence-electron chi connectivity index (χ2n) is 3.10. The average Bonchev–Trinajstić information content (AvgIpc) is 2.18. The maximum absolute atomic E-state index is 9.70. The summed E-state index contributed by atoms with van der Waals surface area (Å²) >= 11 is 1.77. The third-order valence-electron chi connectivity index (χ3n) is 2.25. The zero-order valence-electron chi connectivity index (χ0n) is 7.49. The van der Waals surface area contributed by atoms with Gasteiger partial charge in [0.25, 0.3) is 0 Å². The third-order valence-corrected chi connectivity index (χ3v) is 3.31. The normalized spacial score (nSPS) is 20.9. The molecular weight excluding hydrogens is 184 g/mol. The summed E-state index contributed by atoms with van der Waals surface area (Å²) in [4.78, 5) is 0. The summed E-state index contributed by atoms with van der Waals surface area (Å²) in [5.41, 5.74) is 2.25. The van der Waals surface area contributed by atoms with Gasteiger partial charge in [-0.15, -0.1) is 0 Å². The molecular formula is C10H12O2S. The van der Waals surface area contributed by atoms with Gasteiger partial charge in [0.1, 0.15) is 5.75 Å². The van der Waals surface area contributed by atoms with Crippen molar-refractivity contribution in [1.82, 2.24) is 0 Å². The van der Waals surface area contributed by atoms with Crippen molar-refractivity contribution < 1.29 is 9.84 Å². The Balaban J connectivity index is 2.41. The Bertz CT molecular complexity index is 312. The largest absolute Gasteiger partial charge is 0.497 e. The van der Waals surface area contributed by atoms with E-state index in [9.17, 15) is 5.11 Å². The molecule has 1 unspecified atom stereocenters. The summed E-state index contributed by atoms with van der Waals surface area (Å²) in [6.45, 7) is 0. The van der Waals surface area contributed by atoms with E-state index in [4.69, 9.17) is 4.74 Å². The Morgan fingerprint density at radius 3 is 3.15 bits per heavy atom. The van der Waals surface area contributed by atoms with Gasteiger partial charge in [-0.05, 0) is 23.3 Å². The molecule has 0 saturated heterocycles. The highest BCUT2D eigenvalue weighted by atomic mass is 32.2. The average molecular weight is 196 g/mol. The van der Waals surface area contributed by atoms with Crippen LogP contribution in [0.5, 0.6) is 5.75 Å². The number of benzene rings is 1. The molecule has 0 aromatic heterocycles. The van der Waals surface area contributed by atoms with Crippen molar-refractivity contribution in [2.45, 2.75) is 11.9 Å². The van der Waals surface area contributed by atoms with Gasteiger partial charge in [-0.1, -0.05) is 6.07 Å². The van der Waals surface area contributed by atoms with Gasteiger partial charge in [-0.2, -0.15) is 11.8 Å². The quantitative estimate of drug-likeness (QED) is 0.744. The second-order valence-corrected chi connectivity index (χ2v) is 4.13. The molecule has 1 aromatic carbocycles. The lowest BCUT2D eigenvalue weighted by molar-refractivity contribution is 0.201. The standard InChI is InChI=1S/C10H12O2S/c1-12-8-3-2-7-5-13-6-10(11)9(7)4-8/h2-4,10-11H,5-6H2,1H3. The second kappa shape index (κ2) is 3.60. The Morgan fingerprint density at radius 2 is 2.38 bits per heavy atom. The predicted molar refractivity (Wildman–Crippen MR) is 54.1 cm³/mol. The van der Waals surface area contributed by atoms with Crippen molar-refractivity contribution in [3.63, 3.8) is 0 Å². The number of ether oxygens (including phenoxy) is 1. The summed E-state index contributed by atoms with van der Waals surface area (Å²) < 4.78 is 5.11. The van der Waals surface area contributed by atoms with Gasteiger partial charge >= 0.3 is 0 Å².